The fourth-order valence-corrected chi connectivity index (χ4v) is 2.28. The van der Waals surface area contributed by atoms with E-state index in [9.17, 15) is 4.79 Å². The molecule has 0 aromatic heterocycles. The largest absolute Gasteiger partial charge is 0.326 e. The number of nitriles is 1. The van der Waals surface area contributed by atoms with E-state index in [1.807, 2.05) is 41.3 Å². The first-order valence-electron chi connectivity index (χ1n) is 6.41. The third-order valence-corrected chi connectivity index (χ3v) is 3.27. The number of likely N-dealkylation sites (tertiary alicyclic amines) is 1. The molecule has 5 nitrogen and oxygen atoms in total. The van der Waals surface area contributed by atoms with Gasteiger partial charge in [0.1, 0.15) is 6.54 Å². The highest BCUT2D eigenvalue weighted by Gasteiger charge is 2.24. The van der Waals surface area contributed by atoms with E-state index in [-0.39, 0.29) is 18.5 Å². The number of benzene rings is 1. The van der Waals surface area contributed by atoms with E-state index in [1.54, 1.807) is 0 Å². The second-order valence-corrected chi connectivity index (χ2v) is 4.76. The number of para-hydroxylation sites is 1. The van der Waals surface area contributed by atoms with Crippen molar-refractivity contribution < 1.29 is 4.79 Å². The fourth-order valence-electron chi connectivity index (χ4n) is 2.28. The fraction of sp³-hybridized carbons (Fsp3) is 0.429. The van der Waals surface area contributed by atoms with E-state index in [4.69, 9.17) is 11.0 Å². The minimum atomic E-state index is -0.0538. The Morgan fingerprint density at radius 2 is 2.21 bits per heavy atom. The van der Waals surface area contributed by atoms with Crippen LogP contribution in [0.4, 0.5) is 5.69 Å². The zero-order valence-corrected chi connectivity index (χ0v) is 10.8. The summed E-state index contributed by atoms with van der Waals surface area (Å²) in [7, 11) is 0. The highest BCUT2D eigenvalue weighted by atomic mass is 16.2. The lowest BCUT2D eigenvalue weighted by Gasteiger charge is -2.23. The van der Waals surface area contributed by atoms with Gasteiger partial charge in [-0.15, -0.1) is 0 Å². The molecule has 0 unspecified atom stereocenters. The molecule has 2 N–H and O–H groups in total. The van der Waals surface area contributed by atoms with E-state index in [0.717, 1.165) is 25.2 Å². The average Bonchev–Trinajstić information content (AvgIpc) is 2.82. The van der Waals surface area contributed by atoms with Gasteiger partial charge in [-0.1, -0.05) is 18.2 Å². The maximum Gasteiger partial charge on any atom is 0.242 e. The van der Waals surface area contributed by atoms with Gasteiger partial charge in [0.05, 0.1) is 12.6 Å². The van der Waals surface area contributed by atoms with E-state index < -0.39 is 0 Å². The van der Waals surface area contributed by atoms with Crippen LogP contribution in [0.5, 0.6) is 0 Å². The first-order chi connectivity index (χ1) is 9.20. The second-order valence-electron chi connectivity index (χ2n) is 4.76. The standard InChI is InChI=1S/C14H18N4O/c15-7-9-18(13-4-2-1-3-5-13)14(19)11-17-8-6-12(16)10-17/h1-5,12H,6,8-11,16H2/t12-/m1/s1. The van der Waals surface area contributed by atoms with Gasteiger partial charge in [-0.2, -0.15) is 5.26 Å². The summed E-state index contributed by atoms with van der Waals surface area (Å²) < 4.78 is 0. The minimum absolute atomic E-state index is 0.0538. The van der Waals surface area contributed by atoms with Crippen LogP contribution in [0.3, 0.4) is 0 Å². The van der Waals surface area contributed by atoms with Crippen LogP contribution in [-0.2, 0) is 4.79 Å². The number of nitrogens with zero attached hydrogens (tertiary/aromatic N) is 3. The number of carbonyl (C=O) groups is 1. The molecule has 0 radical (unpaired) electrons. The molecule has 1 fully saturated rings. The van der Waals surface area contributed by atoms with Crippen molar-refractivity contribution in [2.75, 3.05) is 31.1 Å². The summed E-state index contributed by atoms with van der Waals surface area (Å²) in [6, 6.07) is 11.5. The topological polar surface area (TPSA) is 73.4 Å². The van der Waals surface area contributed by atoms with Crippen molar-refractivity contribution in [1.29, 1.82) is 5.26 Å². The molecule has 1 atom stereocenters. The van der Waals surface area contributed by atoms with Gasteiger partial charge in [0.25, 0.3) is 0 Å². The zero-order chi connectivity index (χ0) is 13.7. The maximum absolute atomic E-state index is 12.3. The number of nitrogens with two attached hydrogens (primary N) is 1. The van der Waals surface area contributed by atoms with Crippen molar-refractivity contribution in [2.45, 2.75) is 12.5 Å². The van der Waals surface area contributed by atoms with Crippen molar-refractivity contribution in [3.8, 4) is 6.07 Å². The third-order valence-electron chi connectivity index (χ3n) is 3.27. The summed E-state index contributed by atoms with van der Waals surface area (Å²) >= 11 is 0. The van der Waals surface area contributed by atoms with Crippen LogP contribution in [0.1, 0.15) is 6.42 Å². The molecule has 1 heterocycles. The molecule has 1 aliphatic heterocycles. The summed E-state index contributed by atoms with van der Waals surface area (Å²) in [6.07, 6.45) is 0.927. The van der Waals surface area contributed by atoms with Gasteiger partial charge in [0.15, 0.2) is 0 Å². The number of hydrogen-bond acceptors (Lipinski definition) is 4. The van der Waals surface area contributed by atoms with Gasteiger partial charge >= 0.3 is 0 Å². The summed E-state index contributed by atoms with van der Waals surface area (Å²) in [4.78, 5) is 15.8. The van der Waals surface area contributed by atoms with Crippen LogP contribution in [-0.4, -0.2) is 43.0 Å². The Bertz CT molecular complexity index is 468. The van der Waals surface area contributed by atoms with E-state index >= 15 is 0 Å². The van der Waals surface area contributed by atoms with Gasteiger partial charge in [0, 0.05) is 24.8 Å². The Morgan fingerprint density at radius 3 is 2.79 bits per heavy atom. The molecule has 100 valence electrons. The molecule has 1 amide bonds. The van der Waals surface area contributed by atoms with Crippen LogP contribution in [0.15, 0.2) is 30.3 Å². The van der Waals surface area contributed by atoms with Crippen molar-refractivity contribution >= 4 is 11.6 Å². The Balaban J connectivity index is 2.03. The average molecular weight is 258 g/mol. The second kappa shape index (κ2) is 6.32. The summed E-state index contributed by atoms with van der Waals surface area (Å²) in [5, 5.41) is 8.87. The minimum Gasteiger partial charge on any atom is -0.326 e. The Labute approximate surface area is 113 Å². The van der Waals surface area contributed by atoms with Crippen LogP contribution in [0.25, 0.3) is 0 Å². The molecule has 0 aliphatic carbocycles. The van der Waals surface area contributed by atoms with Gasteiger partial charge < -0.3 is 5.73 Å². The summed E-state index contributed by atoms with van der Waals surface area (Å²) in [5.41, 5.74) is 6.59. The summed E-state index contributed by atoms with van der Waals surface area (Å²) in [6.45, 7) is 2.00. The predicted molar refractivity (Wildman–Crippen MR) is 73.4 cm³/mol. The first kappa shape index (κ1) is 13.5. The molecule has 5 heteroatoms. The van der Waals surface area contributed by atoms with E-state index in [2.05, 4.69) is 0 Å². The smallest absolute Gasteiger partial charge is 0.242 e. The van der Waals surface area contributed by atoms with Crippen LogP contribution in [0, 0.1) is 11.3 Å². The lowest BCUT2D eigenvalue weighted by Crippen LogP contribution is -2.40. The lowest BCUT2D eigenvalue weighted by atomic mass is 10.2. The van der Waals surface area contributed by atoms with E-state index in [0.29, 0.717) is 6.54 Å². The molecule has 0 saturated carbocycles. The molecular formula is C14H18N4O. The Hall–Kier alpha value is -1.90. The number of amides is 1. The predicted octanol–water partition coefficient (Wildman–Crippen LogP) is 0.576. The van der Waals surface area contributed by atoms with Crippen LogP contribution >= 0.6 is 0 Å². The maximum atomic E-state index is 12.3. The molecule has 19 heavy (non-hydrogen) atoms. The zero-order valence-electron chi connectivity index (χ0n) is 10.8. The molecule has 1 aromatic rings. The van der Waals surface area contributed by atoms with Gasteiger partial charge in [-0.25, -0.2) is 0 Å². The highest BCUT2D eigenvalue weighted by Crippen LogP contribution is 2.14. The number of carbonyl (C=O) groups excluding carboxylic acids is 1. The van der Waals surface area contributed by atoms with Crippen molar-refractivity contribution in [2.24, 2.45) is 5.73 Å². The lowest BCUT2D eigenvalue weighted by molar-refractivity contribution is -0.119. The number of anilines is 1. The SMILES string of the molecule is N#CCN(C(=O)CN1CC[C@@H](N)C1)c1ccccc1. The molecule has 1 saturated heterocycles. The van der Waals surface area contributed by atoms with Gasteiger partial charge in [-0.05, 0) is 18.6 Å². The Morgan fingerprint density at radius 1 is 1.47 bits per heavy atom. The Kier molecular flexibility index (Phi) is 4.50. The van der Waals surface area contributed by atoms with Gasteiger partial charge in [0.2, 0.25) is 5.91 Å². The normalized spacial score (nSPS) is 19.1. The monoisotopic (exact) mass is 258 g/mol. The van der Waals surface area contributed by atoms with Gasteiger partial charge in [-0.3, -0.25) is 14.6 Å². The van der Waals surface area contributed by atoms with Crippen molar-refractivity contribution in [1.82, 2.24) is 4.90 Å². The van der Waals surface area contributed by atoms with Crippen LogP contribution in [0.2, 0.25) is 0 Å². The summed E-state index contributed by atoms with van der Waals surface area (Å²) in [5.74, 6) is -0.0538. The quantitative estimate of drug-likeness (QED) is 0.802. The van der Waals surface area contributed by atoms with Crippen molar-refractivity contribution in [3.05, 3.63) is 30.3 Å². The molecule has 0 spiro atoms. The highest BCUT2D eigenvalue weighted by molar-refractivity contribution is 5.95. The first-order valence-corrected chi connectivity index (χ1v) is 6.41. The molecule has 0 bridgehead atoms. The molecule has 2 rings (SSSR count). The molecule has 1 aliphatic rings. The molecule has 1 aromatic carbocycles. The van der Waals surface area contributed by atoms with Crippen LogP contribution < -0.4 is 10.6 Å². The molecular weight excluding hydrogens is 240 g/mol. The van der Waals surface area contributed by atoms with E-state index in [1.165, 1.54) is 4.90 Å². The number of rotatable bonds is 4. The number of hydrogen-bond donors (Lipinski definition) is 1. The van der Waals surface area contributed by atoms with Crippen molar-refractivity contribution in [3.63, 3.8) is 0 Å². The third kappa shape index (κ3) is 3.53.